The van der Waals surface area contributed by atoms with Gasteiger partial charge in [0.05, 0.1) is 5.60 Å². The van der Waals surface area contributed by atoms with Gasteiger partial charge in [-0.05, 0) is 17.7 Å². The Labute approximate surface area is 102 Å². The number of hydrogen-bond acceptors (Lipinski definition) is 2. The van der Waals surface area contributed by atoms with Gasteiger partial charge in [0.25, 0.3) is 0 Å². The lowest BCUT2D eigenvalue weighted by Crippen LogP contribution is -2.37. The second kappa shape index (κ2) is 3.81. The van der Waals surface area contributed by atoms with Crippen molar-refractivity contribution in [2.45, 2.75) is 33.3 Å². The number of aliphatic hydroxyl groups is 1. The molecule has 0 spiro atoms. The van der Waals surface area contributed by atoms with E-state index >= 15 is 0 Å². The molecular weight excluding hydrogens is 210 g/mol. The summed E-state index contributed by atoms with van der Waals surface area (Å²) in [5, 5.41) is 12.9. The van der Waals surface area contributed by atoms with Crippen LogP contribution < -0.4 is 0 Å². The van der Waals surface area contributed by atoms with Crippen LogP contribution in [-0.2, 0) is 5.60 Å². The molecule has 0 aliphatic heterocycles. The van der Waals surface area contributed by atoms with Crippen molar-refractivity contribution in [3.05, 3.63) is 42.2 Å². The molecule has 0 bridgehead atoms. The van der Waals surface area contributed by atoms with E-state index in [1.165, 1.54) is 0 Å². The van der Waals surface area contributed by atoms with Crippen molar-refractivity contribution in [1.29, 1.82) is 0 Å². The molecule has 2 rings (SSSR count). The summed E-state index contributed by atoms with van der Waals surface area (Å²) < 4.78 is 0. The van der Waals surface area contributed by atoms with Crippen LogP contribution in [0.25, 0.3) is 10.8 Å². The molecule has 0 aliphatic rings. The molecule has 1 N–H and O–H groups in total. The lowest BCUT2D eigenvalue weighted by atomic mass is 9.73. The Bertz CT molecular complexity index is 533. The first-order valence-corrected chi connectivity index (χ1v) is 5.89. The molecule has 0 aliphatic carbocycles. The van der Waals surface area contributed by atoms with E-state index in [4.69, 9.17) is 0 Å². The standard InChI is InChI=1S/C15H19NO/c1-14(2,3)15(4,17)13-10-16-9-11-7-5-6-8-12(11)13/h5-10,17H,1-4H3. The minimum absolute atomic E-state index is 0.237. The fourth-order valence-corrected chi connectivity index (χ4v) is 1.91. The normalized spacial score (nSPS) is 15.8. The van der Waals surface area contributed by atoms with Crippen LogP contribution in [0.3, 0.4) is 0 Å². The first kappa shape index (κ1) is 12.1. The van der Waals surface area contributed by atoms with E-state index in [2.05, 4.69) is 4.98 Å². The number of aromatic nitrogens is 1. The van der Waals surface area contributed by atoms with E-state index in [0.717, 1.165) is 16.3 Å². The van der Waals surface area contributed by atoms with Gasteiger partial charge in [-0.1, -0.05) is 45.0 Å². The Morgan fingerprint density at radius 3 is 2.29 bits per heavy atom. The molecule has 0 radical (unpaired) electrons. The van der Waals surface area contributed by atoms with Gasteiger partial charge in [0.15, 0.2) is 0 Å². The van der Waals surface area contributed by atoms with Crippen molar-refractivity contribution in [3.63, 3.8) is 0 Å². The number of hydrogen-bond donors (Lipinski definition) is 1. The smallest absolute Gasteiger partial charge is 0.0937 e. The van der Waals surface area contributed by atoms with Gasteiger partial charge in [0, 0.05) is 23.3 Å². The van der Waals surface area contributed by atoms with Crippen molar-refractivity contribution >= 4 is 10.8 Å². The maximum Gasteiger partial charge on any atom is 0.0937 e. The second-order valence-corrected chi connectivity index (χ2v) is 5.73. The molecule has 0 fully saturated rings. The first-order chi connectivity index (χ1) is 7.84. The van der Waals surface area contributed by atoms with Gasteiger partial charge in [-0.2, -0.15) is 0 Å². The third-order valence-electron chi connectivity index (χ3n) is 3.65. The first-order valence-electron chi connectivity index (χ1n) is 5.89. The minimum atomic E-state index is -0.902. The van der Waals surface area contributed by atoms with Crippen LogP contribution in [0.2, 0.25) is 0 Å². The van der Waals surface area contributed by atoms with Crippen molar-refractivity contribution in [1.82, 2.24) is 4.98 Å². The number of benzene rings is 1. The van der Waals surface area contributed by atoms with Gasteiger partial charge in [-0.15, -0.1) is 0 Å². The summed E-state index contributed by atoms with van der Waals surface area (Å²) in [6, 6.07) is 8.03. The predicted molar refractivity (Wildman–Crippen MR) is 70.8 cm³/mol. The number of fused-ring (bicyclic) bond motifs is 1. The van der Waals surface area contributed by atoms with Crippen LogP contribution in [-0.4, -0.2) is 10.1 Å². The van der Waals surface area contributed by atoms with Gasteiger partial charge in [-0.25, -0.2) is 0 Å². The third kappa shape index (κ3) is 1.93. The van der Waals surface area contributed by atoms with E-state index in [1.807, 2.05) is 58.2 Å². The van der Waals surface area contributed by atoms with E-state index in [9.17, 15) is 5.11 Å². The van der Waals surface area contributed by atoms with Crippen molar-refractivity contribution in [3.8, 4) is 0 Å². The summed E-state index contributed by atoms with van der Waals surface area (Å²) in [7, 11) is 0. The fraction of sp³-hybridized carbons (Fsp3) is 0.400. The summed E-state index contributed by atoms with van der Waals surface area (Å²) >= 11 is 0. The maximum absolute atomic E-state index is 10.8. The molecule has 0 saturated carbocycles. The van der Waals surface area contributed by atoms with Crippen molar-refractivity contribution < 1.29 is 5.11 Å². The Hall–Kier alpha value is -1.41. The molecule has 2 aromatic rings. The molecule has 1 heterocycles. The average molecular weight is 229 g/mol. The molecular formula is C15H19NO. The van der Waals surface area contributed by atoms with Gasteiger partial charge in [0.2, 0.25) is 0 Å². The predicted octanol–water partition coefficient (Wildman–Crippen LogP) is 3.49. The summed E-state index contributed by atoms with van der Waals surface area (Å²) in [6.07, 6.45) is 3.60. The SMILES string of the molecule is CC(C)(C)C(C)(O)c1cncc2ccccc12. The monoisotopic (exact) mass is 229 g/mol. The zero-order valence-corrected chi connectivity index (χ0v) is 10.9. The number of rotatable bonds is 1. The largest absolute Gasteiger partial charge is 0.385 e. The zero-order valence-electron chi connectivity index (χ0n) is 10.9. The summed E-state index contributed by atoms with van der Waals surface area (Å²) in [5.74, 6) is 0. The molecule has 1 atom stereocenters. The van der Waals surface area contributed by atoms with Crippen molar-refractivity contribution in [2.75, 3.05) is 0 Å². The number of pyridine rings is 1. The van der Waals surface area contributed by atoms with E-state index in [0.29, 0.717) is 0 Å². The molecule has 90 valence electrons. The fourth-order valence-electron chi connectivity index (χ4n) is 1.91. The van der Waals surface area contributed by atoms with E-state index in [-0.39, 0.29) is 5.41 Å². The molecule has 0 saturated heterocycles. The van der Waals surface area contributed by atoms with Gasteiger partial charge in [0.1, 0.15) is 0 Å². The Balaban J connectivity index is 2.72. The lowest BCUT2D eigenvalue weighted by molar-refractivity contribution is -0.0459. The topological polar surface area (TPSA) is 33.1 Å². The van der Waals surface area contributed by atoms with Gasteiger partial charge in [-0.3, -0.25) is 4.98 Å². The Morgan fingerprint density at radius 2 is 1.65 bits per heavy atom. The summed E-state index contributed by atoms with van der Waals surface area (Å²) in [4.78, 5) is 4.23. The minimum Gasteiger partial charge on any atom is -0.385 e. The highest BCUT2D eigenvalue weighted by Crippen LogP contribution is 2.41. The molecule has 17 heavy (non-hydrogen) atoms. The molecule has 0 amide bonds. The summed E-state index contributed by atoms with van der Waals surface area (Å²) in [5.41, 5.74) is -0.247. The highest BCUT2D eigenvalue weighted by molar-refractivity contribution is 5.85. The van der Waals surface area contributed by atoms with Gasteiger partial charge >= 0.3 is 0 Å². The third-order valence-corrected chi connectivity index (χ3v) is 3.65. The maximum atomic E-state index is 10.8. The van der Waals surface area contributed by atoms with E-state index < -0.39 is 5.60 Å². The van der Waals surface area contributed by atoms with Crippen LogP contribution >= 0.6 is 0 Å². The Kier molecular flexibility index (Phi) is 2.70. The van der Waals surface area contributed by atoms with Crippen LogP contribution in [0.1, 0.15) is 33.3 Å². The van der Waals surface area contributed by atoms with Gasteiger partial charge < -0.3 is 5.11 Å². The van der Waals surface area contributed by atoms with Crippen LogP contribution in [0.5, 0.6) is 0 Å². The molecule has 1 aromatic carbocycles. The molecule has 1 unspecified atom stereocenters. The summed E-state index contributed by atoms with van der Waals surface area (Å²) in [6.45, 7) is 7.97. The van der Waals surface area contributed by atoms with Crippen LogP contribution in [0.4, 0.5) is 0 Å². The highest BCUT2D eigenvalue weighted by Gasteiger charge is 2.38. The Morgan fingerprint density at radius 1 is 1.00 bits per heavy atom. The van der Waals surface area contributed by atoms with Crippen LogP contribution in [0, 0.1) is 5.41 Å². The van der Waals surface area contributed by atoms with E-state index in [1.54, 1.807) is 6.20 Å². The van der Waals surface area contributed by atoms with Crippen molar-refractivity contribution in [2.24, 2.45) is 5.41 Å². The molecule has 2 nitrogen and oxygen atoms in total. The highest BCUT2D eigenvalue weighted by atomic mass is 16.3. The molecule has 2 heteroatoms. The second-order valence-electron chi connectivity index (χ2n) is 5.73. The quantitative estimate of drug-likeness (QED) is 0.812. The lowest BCUT2D eigenvalue weighted by Gasteiger charge is -2.38. The number of nitrogens with zero attached hydrogens (tertiary/aromatic N) is 1. The van der Waals surface area contributed by atoms with Crippen LogP contribution in [0.15, 0.2) is 36.7 Å². The average Bonchev–Trinajstić information content (AvgIpc) is 2.26. The molecule has 1 aromatic heterocycles. The zero-order chi connectivity index (χ0) is 12.7.